The van der Waals surface area contributed by atoms with Crippen LogP contribution in [0.2, 0.25) is 0 Å². The van der Waals surface area contributed by atoms with Crippen LogP contribution in [-0.4, -0.2) is 11.1 Å². The van der Waals surface area contributed by atoms with E-state index in [0.29, 0.717) is 11.8 Å². The van der Waals surface area contributed by atoms with Crippen LogP contribution in [0.3, 0.4) is 0 Å². The van der Waals surface area contributed by atoms with E-state index in [2.05, 4.69) is 11.4 Å². The second-order valence-corrected chi connectivity index (χ2v) is 3.60. The second kappa shape index (κ2) is 4.31. The molecule has 2 rings (SSSR count). The Kier molecular flexibility index (Phi) is 2.87. The van der Waals surface area contributed by atoms with Crippen LogP contribution >= 0.6 is 0 Å². The third kappa shape index (κ3) is 2.16. The van der Waals surface area contributed by atoms with E-state index in [1.54, 1.807) is 12.4 Å². The van der Waals surface area contributed by atoms with Gasteiger partial charge in [0.05, 0.1) is 18.0 Å². The molecular formula is C11H15N2O. The van der Waals surface area contributed by atoms with E-state index in [1.807, 2.05) is 6.07 Å². The minimum atomic E-state index is 0.324. The minimum Gasteiger partial charge on any atom is -0.488 e. The van der Waals surface area contributed by atoms with Gasteiger partial charge in [0, 0.05) is 12.3 Å². The standard InChI is InChI=1S/C11H15N2O/c12-10-8-13-7-6-11(10)14-9-4-2-1-3-5-9/h1,6-9H,2-5,12H2. The summed E-state index contributed by atoms with van der Waals surface area (Å²) in [6.45, 7) is 0. The molecule has 1 aliphatic rings. The molecule has 1 heterocycles. The zero-order valence-corrected chi connectivity index (χ0v) is 8.15. The number of nitrogens with zero attached hydrogens (tertiary/aromatic N) is 1. The van der Waals surface area contributed by atoms with Gasteiger partial charge in [0.2, 0.25) is 0 Å². The lowest BCUT2D eigenvalue weighted by Crippen LogP contribution is -2.20. The molecule has 1 aromatic rings. The van der Waals surface area contributed by atoms with Crippen molar-refractivity contribution in [1.29, 1.82) is 0 Å². The first-order chi connectivity index (χ1) is 6.86. The van der Waals surface area contributed by atoms with Crippen LogP contribution in [0.5, 0.6) is 5.75 Å². The third-order valence-corrected chi connectivity index (χ3v) is 2.49. The normalized spacial score (nSPS) is 18.0. The van der Waals surface area contributed by atoms with E-state index in [-0.39, 0.29) is 0 Å². The number of hydrogen-bond acceptors (Lipinski definition) is 3. The molecule has 0 atom stereocenters. The number of hydrogen-bond donors (Lipinski definition) is 1. The Hall–Kier alpha value is -1.25. The summed E-state index contributed by atoms with van der Waals surface area (Å²) in [7, 11) is 0. The van der Waals surface area contributed by atoms with E-state index >= 15 is 0 Å². The lowest BCUT2D eigenvalue weighted by molar-refractivity contribution is 0.169. The van der Waals surface area contributed by atoms with Crippen LogP contribution in [0.4, 0.5) is 5.69 Å². The van der Waals surface area contributed by atoms with Crippen molar-refractivity contribution in [2.45, 2.75) is 31.8 Å². The molecule has 3 nitrogen and oxygen atoms in total. The molecule has 1 fully saturated rings. The van der Waals surface area contributed by atoms with E-state index in [9.17, 15) is 0 Å². The number of aromatic nitrogens is 1. The van der Waals surface area contributed by atoms with Crippen molar-refractivity contribution in [3.05, 3.63) is 24.9 Å². The molecular weight excluding hydrogens is 176 g/mol. The molecule has 1 aliphatic carbocycles. The Morgan fingerprint density at radius 3 is 2.86 bits per heavy atom. The number of rotatable bonds is 2. The highest BCUT2D eigenvalue weighted by molar-refractivity contribution is 5.49. The molecule has 0 bridgehead atoms. The molecule has 0 aliphatic heterocycles. The zero-order chi connectivity index (χ0) is 9.80. The number of nitrogens with two attached hydrogens (primary N) is 1. The summed E-state index contributed by atoms with van der Waals surface area (Å²) >= 11 is 0. The molecule has 3 heteroatoms. The Bertz CT molecular complexity index is 295. The smallest absolute Gasteiger partial charge is 0.145 e. The van der Waals surface area contributed by atoms with Crippen LogP contribution in [-0.2, 0) is 0 Å². The quantitative estimate of drug-likeness (QED) is 0.779. The Balaban J connectivity index is 1.99. The van der Waals surface area contributed by atoms with Crippen molar-refractivity contribution in [3.63, 3.8) is 0 Å². The van der Waals surface area contributed by atoms with E-state index in [0.717, 1.165) is 31.4 Å². The number of pyridine rings is 1. The molecule has 0 spiro atoms. The largest absolute Gasteiger partial charge is 0.488 e. The Morgan fingerprint density at radius 2 is 2.14 bits per heavy atom. The molecule has 14 heavy (non-hydrogen) atoms. The van der Waals surface area contributed by atoms with Gasteiger partial charge >= 0.3 is 0 Å². The highest BCUT2D eigenvalue weighted by atomic mass is 16.5. The van der Waals surface area contributed by atoms with Crippen molar-refractivity contribution in [1.82, 2.24) is 4.98 Å². The Labute approximate surface area is 84.3 Å². The molecule has 2 N–H and O–H groups in total. The molecule has 1 saturated carbocycles. The fraction of sp³-hybridized carbons (Fsp3) is 0.455. The van der Waals surface area contributed by atoms with Crippen LogP contribution in [0.25, 0.3) is 0 Å². The molecule has 0 unspecified atom stereocenters. The van der Waals surface area contributed by atoms with E-state index in [1.165, 1.54) is 0 Å². The SMILES string of the molecule is Nc1cnccc1OC1CC[CH]CC1. The summed E-state index contributed by atoms with van der Waals surface area (Å²) < 4.78 is 5.80. The topological polar surface area (TPSA) is 48.1 Å². The van der Waals surface area contributed by atoms with Gasteiger partial charge in [0.25, 0.3) is 0 Å². The number of ether oxygens (including phenoxy) is 1. The van der Waals surface area contributed by atoms with Gasteiger partial charge in [0.1, 0.15) is 5.75 Å². The maximum Gasteiger partial charge on any atom is 0.145 e. The van der Waals surface area contributed by atoms with Gasteiger partial charge in [-0.05, 0) is 32.1 Å². The summed E-state index contributed by atoms with van der Waals surface area (Å²) in [6.07, 6.45) is 10.5. The zero-order valence-electron chi connectivity index (χ0n) is 8.15. The average Bonchev–Trinajstić information content (AvgIpc) is 2.23. The second-order valence-electron chi connectivity index (χ2n) is 3.60. The predicted molar refractivity (Wildman–Crippen MR) is 55.8 cm³/mol. The average molecular weight is 191 g/mol. The predicted octanol–water partition coefficient (Wildman–Crippen LogP) is 2.19. The van der Waals surface area contributed by atoms with E-state index in [4.69, 9.17) is 10.5 Å². The minimum absolute atomic E-state index is 0.324. The van der Waals surface area contributed by atoms with Gasteiger partial charge in [-0.25, -0.2) is 0 Å². The first kappa shape index (κ1) is 9.31. The molecule has 75 valence electrons. The molecule has 0 aromatic carbocycles. The van der Waals surface area contributed by atoms with Gasteiger partial charge in [-0.1, -0.05) is 0 Å². The Morgan fingerprint density at radius 1 is 1.36 bits per heavy atom. The fourth-order valence-electron chi connectivity index (χ4n) is 1.69. The summed E-state index contributed by atoms with van der Waals surface area (Å²) in [5.41, 5.74) is 6.37. The number of anilines is 1. The third-order valence-electron chi connectivity index (χ3n) is 2.49. The molecule has 1 radical (unpaired) electrons. The van der Waals surface area contributed by atoms with Crippen LogP contribution in [0.15, 0.2) is 18.5 Å². The molecule has 0 amide bonds. The van der Waals surface area contributed by atoms with Gasteiger partial charge in [-0.3, -0.25) is 4.98 Å². The number of nitrogen functional groups attached to an aromatic ring is 1. The fourth-order valence-corrected chi connectivity index (χ4v) is 1.69. The lowest BCUT2D eigenvalue weighted by atomic mass is 9.98. The summed E-state index contributed by atoms with van der Waals surface area (Å²) in [4.78, 5) is 3.93. The van der Waals surface area contributed by atoms with Crippen LogP contribution in [0.1, 0.15) is 25.7 Å². The highest BCUT2D eigenvalue weighted by Gasteiger charge is 2.15. The maximum absolute atomic E-state index is 5.80. The first-order valence-corrected chi connectivity index (χ1v) is 5.04. The molecule has 1 aromatic heterocycles. The summed E-state index contributed by atoms with van der Waals surface area (Å²) in [5, 5.41) is 0. The maximum atomic E-state index is 5.80. The van der Waals surface area contributed by atoms with Gasteiger partial charge < -0.3 is 10.5 Å². The van der Waals surface area contributed by atoms with Gasteiger partial charge in [-0.15, -0.1) is 0 Å². The van der Waals surface area contributed by atoms with Crippen molar-refractivity contribution >= 4 is 5.69 Å². The highest BCUT2D eigenvalue weighted by Crippen LogP contribution is 2.25. The monoisotopic (exact) mass is 191 g/mol. The van der Waals surface area contributed by atoms with Crippen LogP contribution < -0.4 is 10.5 Å². The lowest BCUT2D eigenvalue weighted by Gasteiger charge is -2.23. The van der Waals surface area contributed by atoms with Crippen LogP contribution in [0, 0.1) is 6.42 Å². The summed E-state index contributed by atoms with van der Waals surface area (Å²) in [6, 6.07) is 1.83. The van der Waals surface area contributed by atoms with Crippen molar-refractivity contribution in [2.24, 2.45) is 0 Å². The first-order valence-electron chi connectivity index (χ1n) is 5.04. The van der Waals surface area contributed by atoms with Crippen molar-refractivity contribution in [2.75, 3.05) is 5.73 Å². The molecule has 0 saturated heterocycles. The van der Waals surface area contributed by atoms with Gasteiger partial charge in [-0.2, -0.15) is 0 Å². The van der Waals surface area contributed by atoms with Crippen molar-refractivity contribution < 1.29 is 4.74 Å². The van der Waals surface area contributed by atoms with E-state index < -0.39 is 0 Å². The van der Waals surface area contributed by atoms with Crippen molar-refractivity contribution in [3.8, 4) is 5.75 Å². The summed E-state index contributed by atoms with van der Waals surface area (Å²) in [5.74, 6) is 0.770. The van der Waals surface area contributed by atoms with Gasteiger partial charge in [0.15, 0.2) is 0 Å².